The molecule has 0 aromatic heterocycles. The van der Waals surface area contributed by atoms with E-state index in [1.165, 1.54) is 7.11 Å². The van der Waals surface area contributed by atoms with Crippen LogP contribution < -0.4 is 9.64 Å². The molecule has 0 bridgehead atoms. The number of amides is 2. The maximum atomic E-state index is 12.1. The average molecular weight is 261 g/mol. The first-order valence-corrected chi connectivity index (χ1v) is 5.81. The summed E-state index contributed by atoms with van der Waals surface area (Å²) in [5.41, 5.74) is 0.422. The number of fused-ring (bicyclic) bond motifs is 1. The predicted molar refractivity (Wildman–Crippen MR) is 63.6 cm³/mol. The fraction of sp³-hybridized carbons (Fsp3) is 0.308. The van der Waals surface area contributed by atoms with Crippen molar-refractivity contribution >= 4 is 23.5 Å². The first-order chi connectivity index (χ1) is 9.06. The van der Waals surface area contributed by atoms with E-state index in [1.54, 1.807) is 24.3 Å². The van der Waals surface area contributed by atoms with Gasteiger partial charge in [0, 0.05) is 6.07 Å². The Labute approximate surface area is 108 Å². The lowest BCUT2D eigenvalue weighted by Gasteiger charge is -2.18. The third-order valence-electron chi connectivity index (χ3n) is 3.63. The number of imide groups is 1. The Kier molecular flexibility index (Phi) is 2.35. The molecule has 98 valence electrons. The molecule has 1 aliphatic heterocycles. The van der Waals surface area contributed by atoms with Crippen LogP contribution in [0.1, 0.15) is 0 Å². The molecule has 2 amide bonds. The molecule has 6 heteroatoms. The van der Waals surface area contributed by atoms with Crippen LogP contribution in [0.5, 0.6) is 5.75 Å². The number of carboxylic acid groups (broad SMARTS) is 1. The molecule has 1 saturated carbocycles. The zero-order valence-corrected chi connectivity index (χ0v) is 10.1. The van der Waals surface area contributed by atoms with Gasteiger partial charge in [0.25, 0.3) is 0 Å². The molecule has 1 N–H and O–H groups in total. The summed E-state index contributed by atoms with van der Waals surface area (Å²) in [5, 5.41) is 8.89. The third kappa shape index (κ3) is 1.53. The topological polar surface area (TPSA) is 83.9 Å². The van der Waals surface area contributed by atoms with Crippen LogP contribution in [-0.2, 0) is 14.4 Å². The lowest BCUT2D eigenvalue weighted by Crippen LogP contribution is -2.35. The van der Waals surface area contributed by atoms with Crippen LogP contribution in [0.25, 0.3) is 0 Å². The zero-order valence-electron chi connectivity index (χ0n) is 10.1. The number of anilines is 1. The van der Waals surface area contributed by atoms with Gasteiger partial charge < -0.3 is 9.84 Å². The zero-order chi connectivity index (χ0) is 13.7. The van der Waals surface area contributed by atoms with Gasteiger partial charge in [-0.25, -0.2) is 4.90 Å². The fourth-order valence-electron chi connectivity index (χ4n) is 2.64. The maximum Gasteiger partial charge on any atom is 0.308 e. The van der Waals surface area contributed by atoms with E-state index in [1.807, 2.05) is 0 Å². The lowest BCUT2D eigenvalue weighted by atomic mass is 10.2. The summed E-state index contributed by atoms with van der Waals surface area (Å²) in [6, 6.07) is 6.58. The number of carboxylic acids is 1. The number of piperidine rings is 1. The van der Waals surface area contributed by atoms with Gasteiger partial charge in [-0.1, -0.05) is 6.07 Å². The third-order valence-corrected chi connectivity index (χ3v) is 3.63. The highest BCUT2D eigenvalue weighted by molar-refractivity contribution is 6.27. The van der Waals surface area contributed by atoms with E-state index >= 15 is 0 Å². The smallest absolute Gasteiger partial charge is 0.308 e. The van der Waals surface area contributed by atoms with Crippen LogP contribution in [0.3, 0.4) is 0 Å². The first-order valence-electron chi connectivity index (χ1n) is 5.81. The second-order valence-corrected chi connectivity index (χ2v) is 4.63. The van der Waals surface area contributed by atoms with Gasteiger partial charge in [-0.2, -0.15) is 0 Å². The summed E-state index contributed by atoms with van der Waals surface area (Å²) < 4.78 is 5.04. The predicted octanol–water partition coefficient (Wildman–Crippen LogP) is 0.515. The van der Waals surface area contributed by atoms with Crippen LogP contribution in [0.15, 0.2) is 24.3 Å². The summed E-state index contributed by atoms with van der Waals surface area (Å²) in [5.74, 6) is -3.66. The Balaban J connectivity index is 1.91. The monoisotopic (exact) mass is 261 g/mol. The van der Waals surface area contributed by atoms with Crippen molar-refractivity contribution < 1.29 is 24.2 Å². The van der Waals surface area contributed by atoms with Gasteiger partial charge in [-0.05, 0) is 12.1 Å². The summed E-state index contributed by atoms with van der Waals surface area (Å²) >= 11 is 0. The van der Waals surface area contributed by atoms with Crippen LogP contribution in [0.2, 0.25) is 0 Å². The number of carbonyl (C=O) groups is 3. The van der Waals surface area contributed by atoms with E-state index in [0.29, 0.717) is 11.4 Å². The lowest BCUT2D eigenvalue weighted by molar-refractivity contribution is -0.142. The first kappa shape index (κ1) is 11.7. The molecule has 2 atom stereocenters. The highest BCUT2D eigenvalue weighted by atomic mass is 16.5. The minimum atomic E-state index is -1.08. The highest BCUT2D eigenvalue weighted by Crippen LogP contribution is 2.54. The average Bonchev–Trinajstić information content (AvgIpc) is 3.09. The summed E-state index contributed by atoms with van der Waals surface area (Å²) in [7, 11) is 1.49. The van der Waals surface area contributed by atoms with Crippen LogP contribution >= 0.6 is 0 Å². The van der Waals surface area contributed by atoms with E-state index in [0.717, 1.165) is 4.90 Å². The molecule has 1 aliphatic carbocycles. The molecule has 0 spiro atoms. The van der Waals surface area contributed by atoms with Gasteiger partial charge >= 0.3 is 5.97 Å². The summed E-state index contributed by atoms with van der Waals surface area (Å²) in [6.07, 6.45) is 0. The van der Waals surface area contributed by atoms with Crippen LogP contribution in [-0.4, -0.2) is 30.0 Å². The van der Waals surface area contributed by atoms with Gasteiger partial charge in [0.15, 0.2) is 0 Å². The molecular weight excluding hydrogens is 250 g/mol. The number of rotatable bonds is 3. The molecule has 6 nitrogen and oxygen atoms in total. The van der Waals surface area contributed by atoms with Gasteiger partial charge in [-0.3, -0.25) is 14.4 Å². The van der Waals surface area contributed by atoms with Crippen LogP contribution in [0.4, 0.5) is 5.69 Å². The van der Waals surface area contributed by atoms with Gasteiger partial charge in [0.05, 0.1) is 30.6 Å². The van der Waals surface area contributed by atoms with Crippen molar-refractivity contribution in [3.63, 3.8) is 0 Å². The van der Waals surface area contributed by atoms with E-state index in [9.17, 15) is 14.4 Å². The molecule has 1 aromatic carbocycles. The number of carbonyl (C=O) groups excluding carboxylic acids is 2. The van der Waals surface area contributed by atoms with Gasteiger partial charge in [0.2, 0.25) is 11.8 Å². The standard InChI is InChI=1S/C13H11NO5/c1-19-7-4-2-3-6(5-7)14-11(15)8-9(12(14)16)10(8)13(17)18/h2-5,8-10H,1H3,(H,17,18). The van der Waals surface area contributed by atoms with Crippen molar-refractivity contribution in [2.75, 3.05) is 12.0 Å². The number of nitrogens with zero attached hydrogens (tertiary/aromatic N) is 1. The Morgan fingerprint density at radius 1 is 1.26 bits per heavy atom. The number of hydrogen-bond acceptors (Lipinski definition) is 4. The van der Waals surface area contributed by atoms with E-state index in [-0.39, 0.29) is 0 Å². The Hall–Kier alpha value is -2.37. The Bertz CT molecular complexity index is 574. The van der Waals surface area contributed by atoms with Crippen molar-refractivity contribution in [1.29, 1.82) is 0 Å². The Morgan fingerprint density at radius 3 is 2.42 bits per heavy atom. The number of hydrogen-bond donors (Lipinski definition) is 1. The second-order valence-electron chi connectivity index (χ2n) is 4.63. The molecule has 2 fully saturated rings. The van der Waals surface area contributed by atoms with Crippen molar-refractivity contribution in [1.82, 2.24) is 0 Å². The summed E-state index contributed by atoms with van der Waals surface area (Å²) in [6.45, 7) is 0. The fourth-order valence-corrected chi connectivity index (χ4v) is 2.64. The van der Waals surface area contributed by atoms with Crippen molar-refractivity contribution in [2.45, 2.75) is 0 Å². The van der Waals surface area contributed by atoms with Gasteiger partial charge in [0.1, 0.15) is 5.75 Å². The van der Waals surface area contributed by atoms with Crippen molar-refractivity contribution in [2.24, 2.45) is 17.8 Å². The van der Waals surface area contributed by atoms with Crippen molar-refractivity contribution in [3.8, 4) is 5.75 Å². The molecule has 0 radical (unpaired) electrons. The van der Waals surface area contributed by atoms with Crippen molar-refractivity contribution in [3.05, 3.63) is 24.3 Å². The molecule has 2 unspecified atom stereocenters. The molecular formula is C13H11NO5. The minimum absolute atomic E-state index is 0.422. The quantitative estimate of drug-likeness (QED) is 0.802. The molecule has 1 heterocycles. The maximum absolute atomic E-state index is 12.1. The Morgan fingerprint density at radius 2 is 1.89 bits per heavy atom. The number of aliphatic carboxylic acids is 1. The largest absolute Gasteiger partial charge is 0.497 e. The number of benzene rings is 1. The minimum Gasteiger partial charge on any atom is -0.497 e. The number of methoxy groups -OCH3 is 1. The molecule has 19 heavy (non-hydrogen) atoms. The SMILES string of the molecule is COc1cccc(N2C(=O)C3C(C(=O)O)C3C2=O)c1. The highest BCUT2D eigenvalue weighted by Gasteiger charge is 2.70. The second kappa shape index (κ2) is 3.81. The number of ether oxygens (including phenoxy) is 1. The van der Waals surface area contributed by atoms with E-state index in [2.05, 4.69) is 0 Å². The summed E-state index contributed by atoms with van der Waals surface area (Å²) in [4.78, 5) is 36.1. The van der Waals surface area contributed by atoms with E-state index < -0.39 is 35.5 Å². The van der Waals surface area contributed by atoms with Crippen LogP contribution in [0, 0.1) is 17.8 Å². The molecule has 3 rings (SSSR count). The van der Waals surface area contributed by atoms with E-state index in [4.69, 9.17) is 9.84 Å². The van der Waals surface area contributed by atoms with Gasteiger partial charge in [-0.15, -0.1) is 0 Å². The molecule has 2 aliphatic rings. The molecule has 1 saturated heterocycles. The molecule has 1 aromatic rings. The normalized spacial score (nSPS) is 28.3.